The van der Waals surface area contributed by atoms with Gasteiger partial charge in [0.15, 0.2) is 0 Å². The summed E-state index contributed by atoms with van der Waals surface area (Å²) in [6, 6.07) is 15.5. The highest BCUT2D eigenvalue weighted by atomic mass is 16.2. The first-order valence-electron chi connectivity index (χ1n) is 7.39. The molecule has 0 spiro atoms. The van der Waals surface area contributed by atoms with Crippen LogP contribution in [-0.4, -0.2) is 17.9 Å². The second kappa shape index (κ2) is 6.32. The van der Waals surface area contributed by atoms with E-state index in [9.17, 15) is 9.59 Å². The van der Waals surface area contributed by atoms with E-state index < -0.39 is 0 Å². The Labute approximate surface area is 133 Å². The number of nitriles is 1. The Balaban J connectivity index is 1.77. The highest BCUT2D eigenvalue weighted by Gasteiger charge is 2.25. The second-order valence-corrected chi connectivity index (χ2v) is 5.44. The molecule has 1 aliphatic rings. The maximum Gasteiger partial charge on any atom is 0.255 e. The van der Waals surface area contributed by atoms with E-state index in [2.05, 4.69) is 10.6 Å². The zero-order chi connectivity index (χ0) is 16.2. The van der Waals surface area contributed by atoms with Crippen LogP contribution in [0, 0.1) is 11.3 Å². The van der Waals surface area contributed by atoms with Crippen molar-refractivity contribution in [3.05, 3.63) is 65.2 Å². The largest absolute Gasteiger partial charge is 0.349 e. The molecule has 1 saturated carbocycles. The fraction of sp³-hybridized carbons (Fsp3) is 0.167. The Morgan fingerprint density at radius 1 is 1.00 bits per heavy atom. The summed E-state index contributed by atoms with van der Waals surface area (Å²) in [7, 11) is 0. The van der Waals surface area contributed by atoms with Gasteiger partial charge in [-0.15, -0.1) is 0 Å². The van der Waals surface area contributed by atoms with Gasteiger partial charge in [-0.1, -0.05) is 12.1 Å². The Hall–Kier alpha value is -3.13. The third-order valence-corrected chi connectivity index (χ3v) is 3.61. The number of nitrogens with zero attached hydrogens (tertiary/aromatic N) is 1. The molecule has 1 fully saturated rings. The first-order chi connectivity index (χ1) is 11.2. The lowest BCUT2D eigenvalue weighted by Gasteiger charge is -2.11. The molecule has 2 aromatic carbocycles. The number of hydrogen-bond acceptors (Lipinski definition) is 3. The van der Waals surface area contributed by atoms with Crippen LogP contribution in [0.2, 0.25) is 0 Å². The first-order valence-corrected chi connectivity index (χ1v) is 7.39. The van der Waals surface area contributed by atoms with Gasteiger partial charge < -0.3 is 10.6 Å². The lowest BCUT2D eigenvalue weighted by molar-refractivity contribution is 0.0952. The number of anilines is 1. The SMILES string of the molecule is N#Cc1ccc(C(=O)Nc2ccccc2C(=O)NC2CC2)cc1. The highest BCUT2D eigenvalue weighted by Crippen LogP contribution is 2.22. The van der Waals surface area contributed by atoms with E-state index in [1.165, 1.54) is 0 Å². The van der Waals surface area contributed by atoms with Gasteiger partial charge in [0.1, 0.15) is 0 Å². The first kappa shape index (κ1) is 14.8. The minimum Gasteiger partial charge on any atom is -0.349 e. The summed E-state index contributed by atoms with van der Waals surface area (Å²) >= 11 is 0. The fourth-order valence-electron chi connectivity index (χ4n) is 2.17. The molecule has 2 aromatic rings. The molecule has 5 heteroatoms. The molecule has 0 heterocycles. The number of carbonyl (C=O) groups excluding carboxylic acids is 2. The fourth-order valence-corrected chi connectivity index (χ4v) is 2.17. The van der Waals surface area contributed by atoms with Gasteiger partial charge in [-0.25, -0.2) is 0 Å². The van der Waals surface area contributed by atoms with Crippen LogP contribution < -0.4 is 10.6 Å². The molecule has 0 radical (unpaired) electrons. The van der Waals surface area contributed by atoms with Gasteiger partial charge in [-0.3, -0.25) is 9.59 Å². The highest BCUT2D eigenvalue weighted by molar-refractivity contribution is 6.09. The Kier molecular flexibility index (Phi) is 4.07. The molecule has 0 unspecified atom stereocenters. The summed E-state index contributed by atoms with van der Waals surface area (Å²) in [4.78, 5) is 24.5. The van der Waals surface area contributed by atoms with Crippen LogP contribution in [-0.2, 0) is 0 Å². The average Bonchev–Trinajstić information content (AvgIpc) is 3.39. The summed E-state index contributed by atoms with van der Waals surface area (Å²) in [5.74, 6) is -0.496. The lowest BCUT2D eigenvalue weighted by atomic mass is 10.1. The molecule has 2 amide bonds. The van der Waals surface area contributed by atoms with E-state index in [-0.39, 0.29) is 17.9 Å². The minimum absolute atomic E-state index is 0.178. The van der Waals surface area contributed by atoms with Crippen molar-refractivity contribution in [2.24, 2.45) is 0 Å². The van der Waals surface area contributed by atoms with E-state index in [0.717, 1.165) is 12.8 Å². The summed E-state index contributed by atoms with van der Waals surface area (Å²) in [5.41, 5.74) is 1.84. The van der Waals surface area contributed by atoms with E-state index in [1.807, 2.05) is 6.07 Å². The monoisotopic (exact) mass is 305 g/mol. The van der Waals surface area contributed by atoms with Gasteiger partial charge in [0, 0.05) is 11.6 Å². The third kappa shape index (κ3) is 3.55. The molecule has 0 aliphatic heterocycles. The zero-order valence-electron chi connectivity index (χ0n) is 12.4. The van der Waals surface area contributed by atoms with Crippen molar-refractivity contribution in [1.82, 2.24) is 5.32 Å². The molecule has 23 heavy (non-hydrogen) atoms. The number of nitrogens with one attached hydrogen (secondary N) is 2. The van der Waals surface area contributed by atoms with Crippen molar-refractivity contribution in [3.8, 4) is 6.07 Å². The molecule has 114 valence electrons. The Morgan fingerprint density at radius 3 is 2.35 bits per heavy atom. The molecule has 0 saturated heterocycles. The number of carbonyl (C=O) groups is 2. The maximum atomic E-state index is 12.3. The third-order valence-electron chi connectivity index (χ3n) is 3.61. The van der Waals surface area contributed by atoms with E-state index in [1.54, 1.807) is 48.5 Å². The number of hydrogen-bond donors (Lipinski definition) is 2. The van der Waals surface area contributed by atoms with Crippen LogP contribution in [0.5, 0.6) is 0 Å². The maximum absolute atomic E-state index is 12.3. The lowest BCUT2D eigenvalue weighted by Crippen LogP contribution is -2.27. The topological polar surface area (TPSA) is 82.0 Å². The summed E-state index contributed by atoms with van der Waals surface area (Å²) in [5, 5.41) is 14.5. The molecule has 3 rings (SSSR count). The predicted octanol–water partition coefficient (Wildman–Crippen LogP) is 2.70. The van der Waals surface area contributed by atoms with Gasteiger partial charge in [0.25, 0.3) is 11.8 Å². The van der Waals surface area contributed by atoms with Crippen LogP contribution in [0.25, 0.3) is 0 Å². The van der Waals surface area contributed by atoms with Gasteiger partial charge in [0.2, 0.25) is 0 Å². The Bertz CT molecular complexity index is 787. The van der Waals surface area contributed by atoms with Gasteiger partial charge in [0.05, 0.1) is 22.9 Å². The van der Waals surface area contributed by atoms with E-state index in [0.29, 0.717) is 22.4 Å². The van der Waals surface area contributed by atoms with Crippen molar-refractivity contribution in [3.63, 3.8) is 0 Å². The molecule has 1 aliphatic carbocycles. The smallest absolute Gasteiger partial charge is 0.255 e. The van der Waals surface area contributed by atoms with Gasteiger partial charge in [-0.2, -0.15) is 5.26 Å². The van der Waals surface area contributed by atoms with Crippen LogP contribution in [0.4, 0.5) is 5.69 Å². The van der Waals surface area contributed by atoms with Crippen LogP contribution in [0.3, 0.4) is 0 Å². The molecular weight excluding hydrogens is 290 g/mol. The van der Waals surface area contributed by atoms with E-state index >= 15 is 0 Å². The van der Waals surface area contributed by atoms with Gasteiger partial charge in [-0.05, 0) is 49.2 Å². The quantitative estimate of drug-likeness (QED) is 0.911. The molecule has 5 nitrogen and oxygen atoms in total. The van der Waals surface area contributed by atoms with Crippen LogP contribution in [0.1, 0.15) is 39.1 Å². The number of rotatable bonds is 4. The summed E-state index contributed by atoms with van der Waals surface area (Å²) in [6.45, 7) is 0. The van der Waals surface area contributed by atoms with Crippen molar-refractivity contribution in [2.75, 3.05) is 5.32 Å². The average molecular weight is 305 g/mol. The standard InChI is InChI=1S/C18H15N3O2/c19-11-12-5-7-13(8-6-12)17(22)21-16-4-2-1-3-15(16)18(23)20-14-9-10-14/h1-8,14H,9-10H2,(H,20,23)(H,21,22). The van der Waals surface area contributed by atoms with Crippen molar-refractivity contribution < 1.29 is 9.59 Å². The van der Waals surface area contributed by atoms with E-state index in [4.69, 9.17) is 5.26 Å². The number of benzene rings is 2. The van der Waals surface area contributed by atoms with Crippen molar-refractivity contribution in [2.45, 2.75) is 18.9 Å². The molecule has 0 aromatic heterocycles. The number of amides is 2. The molecule has 2 N–H and O–H groups in total. The molecular formula is C18H15N3O2. The van der Waals surface area contributed by atoms with Crippen molar-refractivity contribution >= 4 is 17.5 Å². The molecule has 0 atom stereocenters. The van der Waals surface area contributed by atoms with Crippen LogP contribution in [0.15, 0.2) is 48.5 Å². The summed E-state index contributed by atoms with van der Waals surface area (Å²) < 4.78 is 0. The normalized spacial score (nSPS) is 13.0. The number of para-hydroxylation sites is 1. The van der Waals surface area contributed by atoms with Crippen molar-refractivity contribution in [1.29, 1.82) is 5.26 Å². The molecule has 0 bridgehead atoms. The van der Waals surface area contributed by atoms with Gasteiger partial charge >= 0.3 is 0 Å². The Morgan fingerprint density at radius 2 is 1.70 bits per heavy atom. The summed E-state index contributed by atoms with van der Waals surface area (Å²) in [6.07, 6.45) is 2.01. The minimum atomic E-state index is -0.318. The predicted molar refractivity (Wildman–Crippen MR) is 86.0 cm³/mol. The zero-order valence-corrected chi connectivity index (χ0v) is 12.4. The second-order valence-electron chi connectivity index (χ2n) is 5.44. The van der Waals surface area contributed by atoms with Crippen LogP contribution >= 0.6 is 0 Å².